The number of nitrogens with one attached hydrogen (secondary N) is 1. The molecule has 0 aliphatic carbocycles. The summed E-state index contributed by atoms with van der Waals surface area (Å²) in [5.74, 6) is 1.92. The summed E-state index contributed by atoms with van der Waals surface area (Å²) in [6.07, 6.45) is 0.256. The summed E-state index contributed by atoms with van der Waals surface area (Å²) in [6.45, 7) is 7.54. The molecule has 2 aliphatic heterocycles. The smallest absolute Gasteiger partial charge is 0.241 e. The standard InChI is InChI=1S/C30H35N3O6S/c1-3-37-27-12-10-25(17-22(27)2)40(35,36)31-26(18-23-7-5-4-6-8-23)30(34)33-15-13-32(14-16-33)20-24-9-11-28-29(19-24)39-21-38-28/h4-12,17,19,26,31H,3,13-16,18,20-21H2,1-2H3/t26-/m0/s1. The van der Waals surface area contributed by atoms with E-state index in [1.165, 1.54) is 6.07 Å². The highest BCUT2D eigenvalue weighted by atomic mass is 32.2. The first-order chi connectivity index (χ1) is 19.3. The van der Waals surface area contributed by atoms with Crippen LogP contribution in [0.4, 0.5) is 0 Å². The third-order valence-corrected chi connectivity index (χ3v) is 8.63. The maximum atomic E-state index is 13.7. The molecule has 0 radical (unpaired) electrons. The first kappa shape index (κ1) is 27.9. The van der Waals surface area contributed by atoms with Crippen LogP contribution in [0.3, 0.4) is 0 Å². The molecule has 3 aromatic rings. The number of piperazine rings is 1. The lowest BCUT2D eigenvalue weighted by atomic mass is 10.1. The molecular formula is C30H35N3O6S. The van der Waals surface area contributed by atoms with Crippen LogP contribution in [0.1, 0.15) is 23.6 Å². The molecule has 1 atom stereocenters. The first-order valence-corrected chi connectivity index (χ1v) is 15.0. The Balaban J connectivity index is 1.27. The Morgan fingerprint density at radius 2 is 1.70 bits per heavy atom. The number of amides is 1. The van der Waals surface area contributed by atoms with Gasteiger partial charge in [0, 0.05) is 32.7 Å². The Labute approximate surface area is 235 Å². The second-order valence-electron chi connectivity index (χ2n) is 10.0. The van der Waals surface area contributed by atoms with Crippen molar-refractivity contribution in [3.05, 3.63) is 83.4 Å². The van der Waals surface area contributed by atoms with Crippen LogP contribution in [0, 0.1) is 6.92 Å². The molecule has 40 heavy (non-hydrogen) atoms. The second-order valence-corrected chi connectivity index (χ2v) is 11.7. The summed E-state index contributed by atoms with van der Waals surface area (Å²) in [7, 11) is -3.96. The number of hydrogen-bond donors (Lipinski definition) is 1. The van der Waals surface area contributed by atoms with Gasteiger partial charge in [-0.2, -0.15) is 4.72 Å². The summed E-state index contributed by atoms with van der Waals surface area (Å²) in [4.78, 5) is 17.9. The fraction of sp³-hybridized carbons (Fsp3) is 0.367. The van der Waals surface area contributed by atoms with Gasteiger partial charge in [0.1, 0.15) is 11.8 Å². The van der Waals surface area contributed by atoms with Crippen LogP contribution in [-0.2, 0) is 27.8 Å². The van der Waals surface area contributed by atoms with Gasteiger partial charge >= 0.3 is 0 Å². The minimum atomic E-state index is -3.96. The fourth-order valence-electron chi connectivity index (χ4n) is 5.04. The van der Waals surface area contributed by atoms with Crippen molar-refractivity contribution < 1.29 is 27.4 Å². The minimum absolute atomic E-state index is 0.105. The van der Waals surface area contributed by atoms with Crippen LogP contribution in [0.25, 0.3) is 0 Å². The number of ether oxygens (including phenoxy) is 3. The maximum absolute atomic E-state index is 13.7. The maximum Gasteiger partial charge on any atom is 0.241 e. The van der Waals surface area contributed by atoms with Crippen LogP contribution < -0.4 is 18.9 Å². The zero-order chi connectivity index (χ0) is 28.1. The van der Waals surface area contributed by atoms with Crippen molar-refractivity contribution in [2.24, 2.45) is 0 Å². The van der Waals surface area contributed by atoms with E-state index in [0.717, 1.165) is 29.2 Å². The second kappa shape index (κ2) is 12.3. The van der Waals surface area contributed by atoms with Crippen molar-refractivity contribution in [3.63, 3.8) is 0 Å². The average molecular weight is 566 g/mol. The zero-order valence-corrected chi connectivity index (χ0v) is 23.7. The van der Waals surface area contributed by atoms with Crippen LogP contribution in [0.15, 0.2) is 71.6 Å². The molecular weight excluding hydrogens is 530 g/mol. The van der Waals surface area contributed by atoms with Gasteiger partial charge in [0.15, 0.2) is 11.5 Å². The van der Waals surface area contributed by atoms with Gasteiger partial charge in [-0.3, -0.25) is 9.69 Å². The zero-order valence-electron chi connectivity index (χ0n) is 22.8. The SMILES string of the molecule is CCOc1ccc(S(=O)(=O)N[C@@H](Cc2ccccc2)C(=O)N2CCN(Cc3ccc4c(c3)OCO4)CC2)cc1C. The number of rotatable bonds is 10. The third kappa shape index (κ3) is 6.57. The Bertz CT molecular complexity index is 1440. The van der Waals surface area contributed by atoms with E-state index in [0.29, 0.717) is 44.1 Å². The van der Waals surface area contributed by atoms with Gasteiger partial charge in [-0.1, -0.05) is 36.4 Å². The predicted molar refractivity (Wildman–Crippen MR) is 151 cm³/mol. The molecule has 0 bridgehead atoms. The summed E-state index contributed by atoms with van der Waals surface area (Å²) in [5.41, 5.74) is 2.71. The third-order valence-electron chi connectivity index (χ3n) is 7.16. The highest BCUT2D eigenvalue weighted by Crippen LogP contribution is 2.33. The van der Waals surface area contributed by atoms with Crippen molar-refractivity contribution in [1.29, 1.82) is 0 Å². The summed E-state index contributed by atoms with van der Waals surface area (Å²) in [5, 5.41) is 0. The topological polar surface area (TPSA) is 97.4 Å². The summed E-state index contributed by atoms with van der Waals surface area (Å²) < 4.78 is 46.0. The van der Waals surface area contributed by atoms with E-state index >= 15 is 0 Å². The fourth-order valence-corrected chi connectivity index (χ4v) is 6.31. The number of fused-ring (bicyclic) bond motifs is 1. The Kier molecular flexibility index (Phi) is 8.58. The lowest BCUT2D eigenvalue weighted by Gasteiger charge is -2.36. The Morgan fingerprint density at radius 3 is 2.42 bits per heavy atom. The number of carbonyl (C=O) groups is 1. The van der Waals surface area contributed by atoms with E-state index in [-0.39, 0.29) is 24.0 Å². The van der Waals surface area contributed by atoms with Crippen LogP contribution >= 0.6 is 0 Å². The highest BCUT2D eigenvalue weighted by molar-refractivity contribution is 7.89. The molecule has 0 unspecified atom stereocenters. The molecule has 10 heteroatoms. The van der Waals surface area contributed by atoms with Gasteiger partial charge in [0.05, 0.1) is 11.5 Å². The number of aryl methyl sites for hydroxylation is 1. The van der Waals surface area contributed by atoms with E-state index in [9.17, 15) is 13.2 Å². The van der Waals surface area contributed by atoms with Crippen molar-refractivity contribution in [1.82, 2.24) is 14.5 Å². The molecule has 2 heterocycles. The molecule has 212 valence electrons. The molecule has 1 saturated heterocycles. The lowest BCUT2D eigenvalue weighted by Crippen LogP contribution is -2.55. The lowest BCUT2D eigenvalue weighted by molar-refractivity contribution is -0.134. The number of benzene rings is 3. The predicted octanol–water partition coefficient (Wildman–Crippen LogP) is 3.36. The molecule has 0 saturated carbocycles. The van der Waals surface area contributed by atoms with Crippen LogP contribution in [-0.4, -0.2) is 69.7 Å². The van der Waals surface area contributed by atoms with E-state index in [2.05, 4.69) is 9.62 Å². The molecule has 9 nitrogen and oxygen atoms in total. The minimum Gasteiger partial charge on any atom is -0.494 e. The first-order valence-electron chi connectivity index (χ1n) is 13.5. The molecule has 0 spiro atoms. The van der Waals surface area contributed by atoms with Gasteiger partial charge in [0.2, 0.25) is 22.7 Å². The number of hydrogen-bond acceptors (Lipinski definition) is 7. The van der Waals surface area contributed by atoms with Crippen molar-refractivity contribution in [3.8, 4) is 17.2 Å². The van der Waals surface area contributed by atoms with E-state index in [1.807, 2.05) is 55.5 Å². The van der Waals surface area contributed by atoms with Crippen molar-refractivity contribution in [2.45, 2.75) is 37.8 Å². The normalized spacial score (nSPS) is 16.1. The average Bonchev–Trinajstić information content (AvgIpc) is 3.42. The number of carbonyl (C=O) groups excluding carboxylic acids is 1. The van der Waals surface area contributed by atoms with Crippen molar-refractivity contribution in [2.75, 3.05) is 39.6 Å². The van der Waals surface area contributed by atoms with Crippen molar-refractivity contribution >= 4 is 15.9 Å². The number of sulfonamides is 1. The largest absolute Gasteiger partial charge is 0.494 e. The number of nitrogens with zero attached hydrogens (tertiary/aromatic N) is 2. The summed E-state index contributed by atoms with van der Waals surface area (Å²) in [6, 6.07) is 19.2. The monoisotopic (exact) mass is 565 g/mol. The Morgan fingerprint density at radius 1 is 0.950 bits per heavy atom. The quantitative estimate of drug-likeness (QED) is 0.403. The van der Waals surface area contributed by atoms with Gasteiger partial charge in [-0.05, 0) is 67.3 Å². The highest BCUT2D eigenvalue weighted by Gasteiger charge is 2.32. The van der Waals surface area contributed by atoms with Crippen LogP contribution in [0.2, 0.25) is 0 Å². The molecule has 1 fully saturated rings. The summed E-state index contributed by atoms with van der Waals surface area (Å²) >= 11 is 0. The van der Waals surface area contributed by atoms with Gasteiger partial charge < -0.3 is 19.1 Å². The molecule has 5 rings (SSSR count). The van der Waals surface area contributed by atoms with E-state index in [1.54, 1.807) is 24.0 Å². The van der Waals surface area contributed by atoms with Crippen LogP contribution in [0.5, 0.6) is 17.2 Å². The van der Waals surface area contributed by atoms with Gasteiger partial charge in [0.25, 0.3) is 0 Å². The van der Waals surface area contributed by atoms with Gasteiger partial charge in [-0.25, -0.2) is 8.42 Å². The van der Waals surface area contributed by atoms with E-state index < -0.39 is 16.1 Å². The van der Waals surface area contributed by atoms with E-state index in [4.69, 9.17) is 14.2 Å². The molecule has 1 N–H and O–H groups in total. The molecule has 2 aliphatic rings. The Hall–Kier alpha value is -3.60. The molecule has 1 amide bonds. The van der Waals surface area contributed by atoms with Gasteiger partial charge in [-0.15, -0.1) is 0 Å². The molecule has 0 aromatic heterocycles. The molecule has 3 aromatic carbocycles.